The summed E-state index contributed by atoms with van der Waals surface area (Å²) < 4.78 is 1.05. The summed E-state index contributed by atoms with van der Waals surface area (Å²) in [6.45, 7) is 2.09. The fourth-order valence-electron chi connectivity index (χ4n) is 2.14. The molecule has 0 heterocycles. The van der Waals surface area contributed by atoms with Gasteiger partial charge in [-0.3, -0.25) is 0 Å². The second-order valence-corrected chi connectivity index (χ2v) is 6.15. The Kier molecular flexibility index (Phi) is 4.91. The monoisotopic (exact) mass is 357 g/mol. The van der Waals surface area contributed by atoms with Crippen LogP contribution in [-0.2, 0) is 0 Å². The number of hydrogen-bond acceptors (Lipinski definition) is 1. The van der Waals surface area contributed by atoms with E-state index in [0.29, 0.717) is 10.0 Å². The second kappa shape index (κ2) is 6.27. The van der Waals surface area contributed by atoms with Crippen LogP contribution in [0.2, 0.25) is 10.0 Å². The van der Waals surface area contributed by atoms with Gasteiger partial charge in [0.05, 0.1) is 6.04 Å². The van der Waals surface area contributed by atoms with E-state index in [9.17, 15) is 0 Å². The molecule has 0 saturated heterocycles. The molecule has 2 aromatic carbocycles. The lowest BCUT2D eigenvalue weighted by Crippen LogP contribution is -2.19. The van der Waals surface area contributed by atoms with Crippen molar-refractivity contribution in [1.29, 1.82) is 0 Å². The first-order valence-corrected chi connectivity index (χ1v) is 7.46. The van der Waals surface area contributed by atoms with E-state index < -0.39 is 0 Å². The molecule has 19 heavy (non-hydrogen) atoms. The quantitative estimate of drug-likeness (QED) is 0.777. The van der Waals surface area contributed by atoms with Gasteiger partial charge in [0.1, 0.15) is 0 Å². The third-order valence-corrected chi connectivity index (χ3v) is 4.17. The van der Waals surface area contributed by atoms with E-state index in [1.54, 1.807) is 6.07 Å². The van der Waals surface area contributed by atoms with Crippen LogP contribution in [0.1, 0.15) is 22.7 Å². The van der Waals surface area contributed by atoms with Crippen molar-refractivity contribution in [1.82, 2.24) is 5.32 Å². The van der Waals surface area contributed by atoms with E-state index in [0.717, 1.165) is 10.0 Å². The Morgan fingerprint density at radius 2 is 1.79 bits per heavy atom. The van der Waals surface area contributed by atoms with Gasteiger partial charge in [0.25, 0.3) is 0 Å². The van der Waals surface area contributed by atoms with E-state index in [-0.39, 0.29) is 6.04 Å². The maximum atomic E-state index is 6.31. The number of halogens is 3. The first-order valence-electron chi connectivity index (χ1n) is 5.91. The van der Waals surface area contributed by atoms with Gasteiger partial charge in [-0.2, -0.15) is 0 Å². The molecule has 4 heteroatoms. The zero-order chi connectivity index (χ0) is 14.0. The second-order valence-electron chi connectivity index (χ2n) is 4.39. The van der Waals surface area contributed by atoms with Gasteiger partial charge in [-0.15, -0.1) is 0 Å². The topological polar surface area (TPSA) is 12.0 Å². The van der Waals surface area contributed by atoms with Crippen molar-refractivity contribution in [3.8, 4) is 0 Å². The highest BCUT2D eigenvalue weighted by molar-refractivity contribution is 9.10. The van der Waals surface area contributed by atoms with Gasteiger partial charge in [-0.1, -0.05) is 51.3 Å². The third-order valence-electron chi connectivity index (χ3n) is 3.11. The molecule has 0 bridgehead atoms. The van der Waals surface area contributed by atoms with Crippen LogP contribution in [-0.4, -0.2) is 7.05 Å². The summed E-state index contributed by atoms with van der Waals surface area (Å²) in [5.41, 5.74) is 3.43. The minimum atomic E-state index is 0.0438. The normalized spacial score (nSPS) is 12.5. The van der Waals surface area contributed by atoms with E-state index in [1.807, 2.05) is 25.2 Å². The molecule has 2 rings (SSSR count). The lowest BCUT2D eigenvalue weighted by molar-refractivity contribution is 0.687. The molecule has 1 atom stereocenters. The number of aryl methyl sites for hydroxylation is 1. The molecule has 0 spiro atoms. The number of hydrogen-bond donors (Lipinski definition) is 1. The van der Waals surface area contributed by atoms with Crippen molar-refractivity contribution < 1.29 is 0 Å². The fraction of sp³-hybridized carbons (Fsp3) is 0.200. The number of rotatable bonds is 3. The third kappa shape index (κ3) is 3.32. The van der Waals surface area contributed by atoms with Crippen LogP contribution in [0.5, 0.6) is 0 Å². The zero-order valence-corrected chi connectivity index (χ0v) is 13.8. The average molecular weight is 359 g/mol. The Labute approximate surface area is 132 Å². The highest BCUT2D eigenvalue weighted by Crippen LogP contribution is 2.32. The van der Waals surface area contributed by atoms with Crippen molar-refractivity contribution in [3.05, 3.63) is 67.6 Å². The molecular formula is C15H14BrCl2N. The van der Waals surface area contributed by atoms with E-state index in [2.05, 4.69) is 40.3 Å². The van der Waals surface area contributed by atoms with Crippen molar-refractivity contribution >= 4 is 39.1 Å². The van der Waals surface area contributed by atoms with E-state index in [4.69, 9.17) is 23.2 Å². The number of nitrogens with one attached hydrogen (secondary N) is 1. The van der Waals surface area contributed by atoms with E-state index in [1.165, 1.54) is 11.1 Å². The molecule has 0 radical (unpaired) electrons. The summed E-state index contributed by atoms with van der Waals surface area (Å²) in [7, 11) is 1.93. The first kappa shape index (κ1) is 14.9. The van der Waals surface area contributed by atoms with Crippen LogP contribution in [0.3, 0.4) is 0 Å². The predicted octanol–water partition coefficient (Wildman–Crippen LogP) is 5.37. The summed E-state index contributed by atoms with van der Waals surface area (Å²) in [6, 6.07) is 11.9. The standard InChI is InChI=1S/C15H14BrCl2N/c1-9-3-4-10(16)7-13(9)15(19-2)12-6-5-11(17)8-14(12)18/h3-8,15,19H,1-2H3. The van der Waals surface area contributed by atoms with Crippen molar-refractivity contribution in [2.75, 3.05) is 7.05 Å². The van der Waals surface area contributed by atoms with Gasteiger partial charge in [0.15, 0.2) is 0 Å². The molecule has 0 aliphatic heterocycles. The van der Waals surface area contributed by atoms with Crippen LogP contribution in [0.25, 0.3) is 0 Å². The van der Waals surface area contributed by atoms with Crippen molar-refractivity contribution in [2.45, 2.75) is 13.0 Å². The van der Waals surface area contributed by atoms with Crippen molar-refractivity contribution in [3.63, 3.8) is 0 Å². The van der Waals surface area contributed by atoms with Gasteiger partial charge < -0.3 is 5.32 Å². The van der Waals surface area contributed by atoms with Crippen LogP contribution in [0.15, 0.2) is 40.9 Å². The molecule has 0 aromatic heterocycles. The lowest BCUT2D eigenvalue weighted by atomic mass is 9.95. The maximum Gasteiger partial charge on any atom is 0.0592 e. The smallest absolute Gasteiger partial charge is 0.0592 e. The Morgan fingerprint density at radius 1 is 1.05 bits per heavy atom. The van der Waals surface area contributed by atoms with Crippen LogP contribution in [0, 0.1) is 6.92 Å². The van der Waals surface area contributed by atoms with Crippen LogP contribution in [0.4, 0.5) is 0 Å². The SMILES string of the molecule is CNC(c1cc(Br)ccc1C)c1ccc(Cl)cc1Cl. The molecule has 0 saturated carbocycles. The summed E-state index contributed by atoms with van der Waals surface area (Å²) in [5.74, 6) is 0. The molecule has 1 N–H and O–H groups in total. The predicted molar refractivity (Wildman–Crippen MR) is 86.2 cm³/mol. The fourth-order valence-corrected chi connectivity index (χ4v) is 3.03. The minimum Gasteiger partial charge on any atom is -0.309 e. The summed E-state index contributed by atoms with van der Waals surface area (Å²) in [6.07, 6.45) is 0. The van der Waals surface area contributed by atoms with Crippen molar-refractivity contribution in [2.24, 2.45) is 0 Å². The first-order chi connectivity index (χ1) is 9.02. The van der Waals surface area contributed by atoms with Gasteiger partial charge in [0, 0.05) is 14.5 Å². The lowest BCUT2D eigenvalue weighted by Gasteiger charge is -2.21. The Bertz CT molecular complexity index is 599. The summed E-state index contributed by atoms with van der Waals surface area (Å²) in [4.78, 5) is 0. The van der Waals surface area contributed by atoms with Gasteiger partial charge in [0.2, 0.25) is 0 Å². The Balaban J connectivity index is 2.52. The van der Waals surface area contributed by atoms with Crippen LogP contribution >= 0.6 is 39.1 Å². The van der Waals surface area contributed by atoms with Crippen LogP contribution < -0.4 is 5.32 Å². The molecule has 1 nitrogen and oxygen atoms in total. The van der Waals surface area contributed by atoms with E-state index >= 15 is 0 Å². The van der Waals surface area contributed by atoms with Gasteiger partial charge in [-0.25, -0.2) is 0 Å². The summed E-state index contributed by atoms with van der Waals surface area (Å²) >= 11 is 15.8. The Morgan fingerprint density at radius 3 is 2.42 bits per heavy atom. The number of benzene rings is 2. The molecule has 0 amide bonds. The molecule has 2 aromatic rings. The molecule has 100 valence electrons. The molecule has 0 fully saturated rings. The minimum absolute atomic E-state index is 0.0438. The average Bonchev–Trinajstić information content (AvgIpc) is 2.36. The highest BCUT2D eigenvalue weighted by atomic mass is 79.9. The van der Waals surface area contributed by atoms with Gasteiger partial charge in [-0.05, 0) is 54.9 Å². The molecule has 0 aliphatic rings. The summed E-state index contributed by atoms with van der Waals surface area (Å²) in [5, 5.41) is 4.63. The molecular weight excluding hydrogens is 345 g/mol. The largest absolute Gasteiger partial charge is 0.309 e. The zero-order valence-electron chi connectivity index (χ0n) is 10.7. The van der Waals surface area contributed by atoms with Gasteiger partial charge >= 0.3 is 0 Å². The maximum absolute atomic E-state index is 6.31. The molecule has 1 unspecified atom stereocenters. The Hall–Kier alpha value is -0.540. The molecule has 0 aliphatic carbocycles. The highest BCUT2D eigenvalue weighted by Gasteiger charge is 2.17.